The summed E-state index contributed by atoms with van der Waals surface area (Å²) in [7, 11) is 0. The highest BCUT2D eigenvalue weighted by Crippen LogP contribution is 2.35. The van der Waals surface area contributed by atoms with Gasteiger partial charge in [-0.15, -0.1) is 0 Å². The minimum atomic E-state index is -1.01. The number of carboxylic acid groups (broad SMARTS) is 1. The third-order valence-corrected chi connectivity index (χ3v) is 6.47. The molecule has 2 fully saturated rings. The Morgan fingerprint density at radius 3 is 2.48 bits per heavy atom. The van der Waals surface area contributed by atoms with E-state index in [9.17, 15) is 19.5 Å². The molecule has 1 heterocycles. The van der Waals surface area contributed by atoms with Gasteiger partial charge in [-0.1, -0.05) is 24.3 Å². The molecular formula is C25H36N2O6. The lowest BCUT2D eigenvalue weighted by Crippen LogP contribution is -2.59. The molecule has 3 rings (SSSR count). The molecule has 1 aromatic carbocycles. The van der Waals surface area contributed by atoms with Crippen LogP contribution in [0.4, 0.5) is 9.59 Å². The quantitative estimate of drug-likeness (QED) is 0.602. The van der Waals surface area contributed by atoms with Crippen molar-refractivity contribution < 1.29 is 29.0 Å². The van der Waals surface area contributed by atoms with Crippen molar-refractivity contribution in [3.8, 4) is 0 Å². The first kappa shape index (κ1) is 25.0. The normalized spacial score (nSPS) is 25.8. The molecule has 2 N–H and O–H groups in total. The van der Waals surface area contributed by atoms with E-state index >= 15 is 0 Å². The predicted molar refractivity (Wildman–Crippen MR) is 124 cm³/mol. The molecule has 33 heavy (non-hydrogen) atoms. The maximum atomic E-state index is 12.3. The van der Waals surface area contributed by atoms with Gasteiger partial charge in [0.1, 0.15) is 11.9 Å². The molecule has 0 unspecified atom stereocenters. The van der Waals surface area contributed by atoms with Crippen LogP contribution >= 0.6 is 0 Å². The first-order valence-electron chi connectivity index (χ1n) is 11.8. The second-order valence-corrected chi connectivity index (χ2v) is 9.99. The number of carbonyl (C=O) groups excluding carboxylic acids is 2. The number of alkyl carbamates (subject to hydrolysis) is 1. The molecule has 1 saturated heterocycles. The molecule has 2 atom stereocenters. The van der Waals surface area contributed by atoms with E-state index in [4.69, 9.17) is 9.47 Å². The van der Waals surface area contributed by atoms with E-state index in [0.29, 0.717) is 25.3 Å². The van der Waals surface area contributed by atoms with Gasteiger partial charge in [0, 0.05) is 12.1 Å². The molecule has 0 radical (unpaired) electrons. The predicted octanol–water partition coefficient (Wildman–Crippen LogP) is 4.58. The van der Waals surface area contributed by atoms with Gasteiger partial charge in [0.05, 0.1) is 24.8 Å². The monoisotopic (exact) mass is 460 g/mol. The number of rotatable bonds is 6. The number of hydrogen-bond acceptors (Lipinski definition) is 5. The molecule has 0 aromatic heterocycles. The van der Waals surface area contributed by atoms with E-state index in [-0.39, 0.29) is 18.8 Å². The number of amides is 2. The van der Waals surface area contributed by atoms with Crippen LogP contribution in [0.3, 0.4) is 0 Å². The average molecular weight is 461 g/mol. The summed E-state index contributed by atoms with van der Waals surface area (Å²) < 4.78 is 11.6. The SMILES string of the molecule is CC(C)(C)OC(=O)N[C@H]1CCCN(C(=O)O)[C@H]1COC1CCC(c2ccccc2C=O)CC1. The van der Waals surface area contributed by atoms with E-state index in [1.165, 1.54) is 4.90 Å². The molecule has 2 aliphatic rings. The Morgan fingerprint density at radius 2 is 1.85 bits per heavy atom. The van der Waals surface area contributed by atoms with Crippen LogP contribution in [-0.4, -0.2) is 65.4 Å². The Labute approximate surface area is 195 Å². The Bertz CT molecular complexity index is 828. The number of carbonyl (C=O) groups is 3. The molecule has 1 aromatic rings. The summed E-state index contributed by atoms with van der Waals surface area (Å²) in [6.07, 6.45) is 4.28. The summed E-state index contributed by atoms with van der Waals surface area (Å²) in [5.41, 5.74) is 1.22. The number of nitrogens with zero attached hydrogens (tertiary/aromatic N) is 1. The van der Waals surface area contributed by atoms with Crippen molar-refractivity contribution in [1.82, 2.24) is 10.2 Å². The molecule has 8 heteroatoms. The number of likely N-dealkylation sites (tertiary alicyclic amines) is 1. The van der Waals surface area contributed by atoms with Gasteiger partial charge in [0.2, 0.25) is 0 Å². The van der Waals surface area contributed by atoms with E-state index in [0.717, 1.165) is 43.1 Å². The molecular weight excluding hydrogens is 424 g/mol. The lowest BCUT2D eigenvalue weighted by Gasteiger charge is -2.41. The number of nitrogens with one attached hydrogen (secondary N) is 1. The summed E-state index contributed by atoms with van der Waals surface area (Å²) in [5.74, 6) is 0.332. The smallest absolute Gasteiger partial charge is 0.407 e. The van der Waals surface area contributed by atoms with Crippen molar-refractivity contribution in [2.45, 2.75) is 89.0 Å². The maximum Gasteiger partial charge on any atom is 0.407 e. The second kappa shape index (κ2) is 11.0. The Hall–Kier alpha value is -2.61. The lowest BCUT2D eigenvalue weighted by atomic mass is 9.81. The minimum Gasteiger partial charge on any atom is -0.465 e. The first-order chi connectivity index (χ1) is 15.7. The summed E-state index contributed by atoms with van der Waals surface area (Å²) in [5, 5.41) is 12.6. The van der Waals surface area contributed by atoms with Crippen molar-refractivity contribution in [3.05, 3.63) is 35.4 Å². The molecule has 1 aliphatic heterocycles. The van der Waals surface area contributed by atoms with Gasteiger partial charge < -0.3 is 24.8 Å². The fourth-order valence-corrected chi connectivity index (χ4v) is 4.89. The minimum absolute atomic E-state index is 0.0318. The molecule has 0 bridgehead atoms. The second-order valence-electron chi connectivity index (χ2n) is 9.99. The summed E-state index contributed by atoms with van der Waals surface area (Å²) in [6.45, 7) is 6.03. The van der Waals surface area contributed by atoms with Crippen molar-refractivity contribution >= 4 is 18.5 Å². The molecule has 1 aliphatic carbocycles. The van der Waals surface area contributed by atoms with Gasteiger partial charge in [-0.2, -0.15) is 0 Å². The average Bonchev–Trinajstić information content (AvgIpc) is 2.77. The van der Waals surface area contributed by atoms with Gasteiger partial charge in [-0.25, -0.2) is 9.59 Å². The standard InChI is InChI=1S/C25H36N2O6/c1-25(2,3)33-23(29)26-21-9-6-14-27(24(30)31)22(21)16-32-19-12-10-17(11-13-19)20-8-5-4-7-18(20)15-28/h4-5,7-8,15,17,19,21-22H,6,9-14,16H2,1-3H3,(H,26,29)(H,30,31)/t17?,19?,21-,22-/m0/s1. The fourth-order valence-electron chi connectivity index (χ4n) is 4.89. The Balaban J connectivity index is 1.58. The van der Waals surface area contributed by atoms with Crippen LogP contribution in [0.25, 0.3) is 0 Å². The van der Waals surface area contributed by atoms with Crippen molar-refractivity contribution in [2.75, 3.05) is 13.2 Å². The summed E-state index contributed by atoms with van der Waals surface area (Å²) in [4.78, 5) is 36.9. The topological polar surface area (TPSA) is 105 Å². The zero-order valence-electron chi connectivity index (χ0n) is 19.8. The van der Waals surface area contributed by atoms with E-state index in [1.54, 1.807) is 20.8 Å². The number of aldehydes is 1. The number of ether oxygens (including phenoxy) is 2. The van der Waals surface area contributed by atoms with Gasteiger partial charge in [-0.3, -0.25) is 4.79 Å². The molecule has 0 spiro atoms. The highest BCUT2D eigenvalue weighted by atomic mass is 16.6. The molecule has 1 saturated carbocycles. The number of hydrogen-bond donors (Lipinski definition) is 2. The molecule has 2 amide bonds. The van der Waals surface area contributed by atoms with E-state index in [1.807, 2.05) is 24.3 Å². The van der Waals surface area contributed by atoms with Crippen LogP contribution in [0.1, 0.15) is 81.1 Å². The number of benzene rings is 1. The lowest BCUT2D eigenvalue weighted by molar-refractivity contribution is -0.0264. The largest absolute Gasteiger partial charge is 0.465 e. The van der Waals surface area contributed by atoms with Crippen LogP contribution in [0.2, 0.25) is 0 Å². The van der Waals surface area contributed by atoms with Crippen molar-refractivity contribution in [1.29, 1.82) is 0 Å². The van der Waals surface area contributed by atoms with E-state index in [2.05, 4.69) is 5.32 Å². The number of piperidine rings is 1. The highest BCUT2D eigenvalue weighted by Gasteiger charge is 2.37. The Kier molecular flexibility index (Phi) is 8.35. The molecule has 182 valence electrons. The van der Waals surface area contributed by atoms with Gasteiger partial charge in [0.25, 0.3) is 0 Å². The summed E-state index contributed by atoms with van der Waals surface area (Å²) in [6, 6.07) is 6.90. The summed E-state index contributed by atoms with van der Waals surface area (Å²) >= 11 is 0. The maximum absolute atomic E-state index is 12.3. The van der Waals surface area contributed by atoms with Crippen LogP contribution in [0.15, 0.2) is 24.3 Å². The fraction of sp³-hybridized carbons (Fsp3) is 0.640. The van der Waals surface area contributed by atoms with Crippen LogP contribution in [0.5, 0.6) is 0 Å². The van der Waals surface area contributed by atoms with Crippen molar-refractivity contribution in [3.63, 3.8) is 0 Å². The van der Waals surface area contributed by atoms with Crippen LogP contribution in [-0.2, 0) is 9.47 Å². The zero-order chi connectivity index (χ0) is 24.0. The zero-order valence-corrected chi connectivity index (χ0v) is 19.8. The van der Waals surface area contributed by atoms with E-state index < -0.39 is 23.8 Å². The van der Waals surface area contributed by atoms with Crippen LogP contribution < -0.4 is 5.32 Å². The third kappa shape index (κ3) is 6.93. The van der Waals surface area contributed by atoms with Crippen LogP contribution in [0, 0.1) is 0 Å². The van der Waals surface area contributed by atoms with Gasteiger partial charge >= 0.3 is 12.2 Å². The Morgan fingerprint density at radius 1 is 1.15 bits per heavy atom. The third-order valence-electron chi connectivity index (χ3n) is 6.47. The van der Waals surface area contributed by atoms with Crippen molar-refractivity contribution in [2.24, 2.45) is 0 Å². The highest BCUT2D eigenvalue weighted by molar-refractivity contribution is 5.77. The first-order valence-corrected chi connectivity index (χ1v) is 11.8. The van der Waals surface area contributed by atoms with Gasteiger partial charge in [0.15, 0.2) is 0 Å². The van der Waals surface area contributed by atoms with Gasteiger partial charge in [-0.05, 0) is 70.8 Å². The molecule has 8 nitrogen and oxygen atoms in total.